The SMILES string of the molecule is CC(C)c1cc(NC2CCc3cc(N)ccc32)ncn1. The highest BCUT2D eigenvalue weighted by atomic mass is 15.0. The molecule has 0 fully saturated rings. The van der Waals surface area contributed by atoms with Crippen LogP contribution in [0.1, 0.15) is 49.0 Å². The Kier molecular flexibility index (Phi) is 3.30. The second-order valence-electron chi connectivity index (χ2n) is 5.68. The van der Waals surface area contributed by atoms with Gasteiger partial charge < -0.3 is 11.1 Å². The molecule has 3 N–H and O–H groups in total. The number of hydrogen-bond acceptors (Lipinski definition) is 4. The van der Waals surface area contributed by atoms with Crippen molar-refractivity contribution in [1.29, 1.82) is 0 Å². The molecule has 0 amide bonds. The van der Waals surface area contributed by atoms with Gasteiger partial charge in [-0.1, -0.05) is 19.9 Å². The Morgan fingerprint density at radius 1 is 1.25 bits per heavy atom. The van der Waals surface area contributed by atoms with E-state index in [1.165, 1.54) is 11.1 Å². The van der Waals surface area contributed by atoms with Crippen LogP contribution in [0.3, 0.4) is 0 Å². The van der Waals surface area contributed by atoms with E-state index in [0.717, 1.165) is 30.0 Å². The molecular formula is C16H20N4. The summed E-state index contributed by atoms with van der Waals surface area (Å²) in [6.07, 6.45) is 3.79. The Morgan fingerprint density at radius 2 is 2.10 bits per heavy atom. The molecule has 0 bridgehead atoms. The number of nitrogens with two attached hydrogens (primary N) is 1. The van der Waals surface area contributed by atoms with Gasteiger partial charge in [-0.3, -0.25) is 0 Å². The lowest BCUT2D eigenvalue weighted by Crippen LogP contribution is -2.09. The minimum atomic E-state index is 0.320. The molecule has 104 valence electrons. The number of aromatic nitrogens is 2. The predicted molar refractivity (Wildman–Crippen MR) is 81.7 cm³/mol. The number of rotatable bonds is 3. The molecule has 1 atom stereocenters. The molecular weight excluding hydrogens is 248 g/mol. The van der Waals surface area contributed by atoms with Gasteiger partial charge >= 0.3 is 0 Å². The Labute approximate surface area is 119 Å². The van der Waals surface area contributed by atoms with Crippen molar-refractivity contribution in [2.24, 2.45) is 0 Å². The normalized spacial score (nSPS) is 17.2. The van der Waals surface area contributed by atoms with Crippen molar-refractivity contribution in [3.63, 3.8) is 0 Å². The van der Waals surface area contributed by atoms with Gasteiger partial charge in [0, 0.05) is 17.4 Å². The summed E-state index contributed by atoms with van der Waals surface area (Å²) in [5, 5.41) is 3.52. The quantitative estimate of drug-likeness (QED) is 0.838. The summed E-state index contributed by atoms with van der Waals surface area (Å²) in [5.74, 6) is 1.31. The number of nitrogens with one attached hydrogen (secondary N) is 1. The highest BCUT2D eigenvalue weighted by molar-refractivity contribution is 5.50. The van der Waals surface area contributed by atoms with E-state index in [1.54, 1.807) is 6.33 Å². The van der Waals surface area contributed by atoms with Gasteiger partial charge in [-0.15, -0.1) is 0 Å². The Morgan fingerprint density at radius 3 is 2.90 bits per heavy atom. The zero-order chi connectivity index (χ0) is 14.1. The second kappa shape index (κ2) is 5.12. The predicted octanol–water partition coefficient (Wildman–Crippen LogP) is 3.28. The topological polar surface area (TPSA) is 63.8 Å². The summed E-state index contributed by atoms with van der Waals surface area (Å²) in [7, 11) is 0. The molecule has 1 aromatic heterocycles. The molecule has 3 rings (SSSR count). The molecule has 0 radical (unpaired) electrons. The molecule has 0 spiro atoms. The third-order valence-corrected chi connectivity index (χ3v) is 3.85. The van der Waals surface area contributed by atoms with Gasteiger partial charge in [0.1, 0.15) is 12.1 Å². The zero-order valence-corrected chi connectivity index (χ0v) is 11.9. The summed E-state index contributed by atoms with van der Waals surface area (Å²) in [5.41, 5.74) is 10.4. The van der Waals surface area contributed by atoms with E-state index in [9.17, 15) is 0 Å². The number of fused-ring (bicyclic) bond motifs is 1. The fourth-order valence-electron chi connectivity index (χ4n) is 2.73. The van der Waals surface area contributed by atoms with E-state index in [2.05, 4.69) is 41.3 Å². The lowest BCUT2D eigenvalue weighted by molar-refractivity contribution is 0.751. The average Bonchev–Trinajstić information content (AvgIpc) is 2.81. The molecule has 1 heterocycles. The van der Waals surface area contributed by atoms with Gasteiger partial charge in [0.15, 0.2) is 0 Å². The van der Waals surface area contributed by atoms with Crippen LogP contribution in [-0.2, 0) is 6.42 Å². The summed E-state index contributed by atoms with van der Waals surface area (Å²) in [6.45, 7) is 4.28. The van der Waals surface area contributed by atoms with Gasteiger partial charge in [0.2, 0.25) is 0 Å². The maximum atomic E-state index is 5.84. The van der Waals surface area contributed by atoms with Crippen LogP contribution in [0, 0.1) is 0 Å². The Bertz CT molecular complexity index is 622. The lowest BCUT2D eigenvalue weighted by Gasteiger charge is -2.15. The van der Waals surface area contributed by atoms with Crippen molar-refractivity contribution < 1.29 is 0 Å². The first kappa shape index (κ1) is 12.9. The molecule has 0 saturated heterocycles. The van der Waals surface area contributed by atoms with Crippen LogP contribution in [0.25, 0.3) is 0 Å². The summed E-state index contributed by atoms with van der Waals surface area (Å²) >= 11 is 0. The maximum Gasteiger partial charge on any atom is 0.130 e. The summed E-state index contributed by atoms with van der Waals surface area (Å²) in [6, 6.07) is 8.54. The molecule has 4 heteroatoms. The zero-order valence-electron chi connectivity index (χ0n) is 11.9. The fourth-order valence-corrected chi connectivity index (χ4v) is 2.73. The summed E-state index contributed by atoms with van der Waals surface area (Å²) < 4.78 is 0. The maximum absolute atomic E-state index is 5.84. The van der Waals surface area contributed by atoms with Crippen molar-refractivity contribution >= 4 is 11.5 Å². The molecule has 0 saturated carbocycles. The minimum Gasteiger partial charge on any atom is -0.399 e. The summed E-state index contributed by atoms with van der Waals surface area (Å²) in [4.78, 5) is 8.63. The number of nitrogens with zero attached hydrogens (tertiary/aromatic N) is 2. The molecule has 1 unspecified atom stereocenters. The number of aryl methyl sites for hydroxylation is 1. The first-order valence-corrected chi connectivity index (χ1v) is 7.10. The highest BCUT2D eigenvalue weighted by Crippen LogP contribution is 2.34. The van der Waals surface area contributed by atoms with Gasteiger partial charge in [-0.25, -0.2) is 9.97 Å². The molecule has 1 aliphatic carbocycles. The smallest absolute Gasteiger partial charge is 0.130 e. The Balaban J connectivity index is 1.82. The van der Waals surface area contributed by atoms with Crippen LogP contribution in [-0.4, -0.2) is 9.97 Å². The largest absolute Gasteiger partial charge is 0.399 e. The Hall–Kier alpha value is -2.10. The van der Waals surface area contributed by atoms with E-state index in [1.807, 2.05) is 12.1 Å². The molecule has 1 aliphatic rings. The van der Waals surface area contributed by atoms with Crippen LogP contribution in [0.2, 0.25) is 0 Å². The van der Waals surface area contributed by atoms with E-state index >= 15 is 0 Å². The van der Waals surface area contributed by atoms with Crippen molar-refractivity contribution in [1.82, 2.24) is 9.97 Å². The van der Waals surface area contributed by atoms with Gasteiger partial charge in [-0.05, 0) is 42.0 Å². The van der Waals surface area contributed by atoms with Gasteiger partial charge in [0.05, 0.1) is 6.04 Å². The van der Waals surface area contributed by atoms with Crippen LogP contribution in [0.5, 0.6) is 0 Å². The lowest BCUT2D eigenvalue weighted by atomic mass is 10.1. The monoisotopic (exact) mass is 268 g/mol. The van der Waals surface area contributed by atoms with E-state index in [-0.39, 0.29) is 0 Å². The number of hydrogen-bond donors (Lipinski definition) is 2. The average molecular weight is 268 g/mol. The van der Waals surface area contributed by atoms with Crippen LogP contribution >= 0.6 is 0 Å². The van der Waals surface area contributed by atoms with Gasteiger partial charge in [-0.2, -0.15) is 0 Å². The molecule has 4 nitrogen and oxygen atoms in total. The number of benzene rings is 1. The van der Waals surface area contributed by atoms with E-state index < -0.39 is 0 Å². The first-order valence-electron chi connectivity index (χ1n) is 7.10. The highest BCUT2D eigenvalue weighted by Gasteiger charge is 2.22. The van der Waals surface area contributed by atoms with Crippen molar-refractivity contribution in [3.8, 4) is 0 Å². The van der Waals surface area contributed by atoms with Crippen LogP contribution in [0.15, 0.2) is 30.6 Å². The van der Waals surface area contributed by atoms with Gasteiger partial charge in [0.25, 0.3) is 0 Å². The van der Waals surface area contributed by atoms with Crippen molar-refractivity contribution in [2.45, 2.75) is 38.6 Å². The minimum absolute atomic E-state index is 0.320. The standard InChI is InChI=1S/C16H20N4/c1-10(2)15-8-16(19-9-18-15)20-14-6-3-11-7-12(17)4-5-13(11)14/h4-5,7-10,14H,3,6,17H2,1-2H3,(H,18,19,20). The first-order chi connectivity index (χ1) is 9.63. The molecule has 2 aromatic rings. The molecule has 20 heavy (non-hydrogen) atoms. The molecule has 0 aliphatic heterocycles. The van der Waals surface area contributed by atoms with E-state index in [4.69, 9.17) is 5.73 Å². The van der Waals surface area contributed by atoms with Crippen molar-refractivity contribution in [3.05, 3.63) is 47.4 Å². The number of nitrogen functional groups attached to an aromatic ring is 1. The number of anilines is 2. The van der Waals surface area contributed by atoms with E-state index in [0.29, 0.717) is 12.0 Å². The van der Waals surface area contributed by atoms with Crippen molar-refractivity contribution in [2.75, 3.05) is 11.1 Å². The molecule has 1 aromatic carbocycles. The second-order valence-corrected chi connectivity index (χ2v) is 5.68. The third-order valence-electron chi connectivity index (χ3n) is 3.85. The third kappa shape index (κ3) is 2.46. The van der Waals surface area contributed by atoms with Crippen LogP contribution in [0.4, 0.5) is 11.5 Å². The van der Waals surface area contributed by atoms with Crippen LogP contribution < -0.4 is 11.1 Å². The fraction of sp³-hybridized carbons (Fsp3) is 0.375.